The number of hydrogen-bond acceptors (Lipinski definition) is 5. The van der Waals surface area contributed by atoms with Crippen LogP contribution in [0.25, 0.3) is 0 Å². The minimum absolute atomic E-state index is 0.260. The first-order chi connectivity index (χ1) is 19.7. The molecule has 9 nitrogen and oxygen atoms in total. The normalized spacial score (nSPS) is 11.3. The third-order valence-electron chi connectivity index (χ3n) is 6.38. The third kappa shape index (κ3) is 7.83. The maximum atomic E-state index is 13.5. The molecule has 3 aromatic carbocycles. The molecule has 0 unspecified atom stereocenters. The molecule has 2 N–H and O–H groups in total. The van der Waals surface area contributed by atoms with E-state index in [1.165, 1.54) is 27.8 Å². The van der Waals surface area contributed by atoms with Gasteiger partial charge in [0.25, 0.3) is 11.5 Å². The van der Waals surface area contributed by atoms with Crippen LogP contribution in [0.5, 0.6) is 5.75 Å². The summed E-state index contributed by atoms with van der Waals surface area (Å²) < 4.78 is 6.39. The number of pyridine rings is 1. The van der Waals surface area contributed by atoms with Gasteiger partial charge in [0.15, 0.2) is 0 Å². The van der Waals surface area contributed by atoms with Gasteiger partial charge < -0.3 is 24.8 Å². The van der Waals surface area contributed by atoms with Gasteiger partial charge in [0.2, 0.25) is 11.8 Å². The Hall–Kier alpha value is -4.89. The Morgan fingerprint density at radius 1 is 0.951 bits per heavy atom. The number of amides is 3. The van der Waals surface area contributed by atoms with Crippen molar-refractivity contribution in [2.24, 2.45) is 0 Å². The molecule has 4 aromatic rings. The van der Waals surface area contributed by atoms with Gasteiger partial charge in [-0.2, -0.15) is 0 Å². The van der Waals surface area contributed by atoms with E-state index in [1.54, 1.807) is 62.7 Å². The van der Waals surface area contributed by atoms with Crippen LogP contribution >= 0.6 is 11.6 Å². The van der Waals surface area contributed by atoms with Crippen molar-refractivity contribution in [3.8, 4) is 5.75 Å². The van der Waals surface area contributed by atoms with Crippen molar-refractivity contribution in [1.29, 1.82) is 0 Å². The van der Waals surface area contributed by atoms with Crippen molar-refractivity contribution in [2.45, 2.75) is 19.0 Å². The maximum Gasteiger partial charge on any atom is 0.255 e. The zero-order valence-electron chi connectivity index (χ0n) is 22.5. The number of carbonyl (C=O) groups excluding carboxylic acids is 3. The van der Waals surface area contributed by atoms with E-state index >= 15 is 0 Å². The summed E-state index contributed by atoms with van der Waals surface area (Å²) in [7, 11) is 3.20. The minimum atomic E-state index is -0.884. The van der Waals surface area contributed by atoms with Crippen molar-refractivity contribution < 1.29 is 19.1 Å². The number of hydrogen-bond donors (Lipinski definition) is 2. The molecule has 0 fully saturated rings. The molecule has 0 saturated carbocycles. The Morgan fingerprint density at radius 3 is 2.27 bits per heavy atom. The molecular weight excluding hydrogens is 544 g/mol. The van der Waals surface area contributed by atoms with Crippen molar-refractivity contribution in [3.05, 3.63) is 124 Å². The van der Waals surface area contributed by atoms with Crippen LogP contribution in [-0.2, 0) is 22.6 Å². The van der Waals surface area contributed by atoms with Gasteiger partial charge in [0.1, 0.15) is 18.3 Å². The molecular formula is C31H29ClN4O5. The first-order valence-corrected chi connectivity index (χ1v) is 13.1. The van der Waals surface area contributed by atoms with Crippen LogP contribution in [0.4, 0.5) is 11.4 Å². The number of aromatic nitrogens is 1. The molecule has 1 atom stereocenters. The predicted octanol–water partition coefficient (Wildman–Crippen LogP) is 4.15. The lowest BCUT2D eigenvalue weighted by molar-refractivity contribution is -0.127. The Kier molecular flexibility index (Phi) is 9.55. The van der Waals surface area contributed by atoms with Gasteiger partial charge in [0.05, 0.1) is 7.11 Å². The maximum absolute atomic E-state index is 13.5. The van der Waals surface area contributed by atoms with E-state index in [4.69, 9.17) is 16.3 Å². The number of likely N-dealkylation sites (N-methyl/N-ethyl adjacent to an activating group) is 1. The van der Waals surface area contributed by atoms with Crippen molar-refractivity contribution >= 4 is 40.7 Å². The van der Waals surface area contributed by atoms with E-state index in [1.807, 2.05) is 30.3 Å². The molecule has 1 aromatic heterocycles. The lowest BCUT2D eigenvalue weighted by Gasteiger charge is -2.25. The molecule has 210 valence electrons. The first kappa shape index (κ1) is 29.1. The number of rotatable bonds is 10. The standard InChI is InChI=1S/C31H29ClN4O5/c1-35(25-12-14-26(41-2)15-13-25)31(40)27(18-21-6-4-3-5-7-21)34-28(37)20-36-17-16-24(19-29(36)38)33-30(39)22-8-10-23(32)11-9-22/h3-17,19,27H,18,20H2,1-2H3,(H,33,39)(H,34,37)/t27-/m0/s1. The minimum Gasteiger partial charge on any atom is -0.497 e. The van der Waals surface area contributed by atoms with Gasteiger partial charge in [-0.1, -0.05) is 41.9 Å². The SMILES string of the molecule is COc1ccc(N(C)C(=O)[C@H](Cc2ccccc2)NC(=O)Cn2ccc(NC(=O)c3ccc(Cl)cc3)cc2=O)cc1. The number of methoxy groups -OCH3 is 1. The zero-order chi connectivity index (χ0) is 29.4. The summed E-state index contributed by atoms with van der Waals surface area (Å²) in [6.45, 7) is -0.310. The molecule has 1 heterocycles. The fourth-order valence-electron chi connectivity index (χ4n) is 4.13. The first-order valence-electron chi connectivity index (χ1n) is 12.8. The van der Waals surface area contributed by atoms with Crippen LogP contribution in [0, 0.1) is 0 Å². The van der Waals surface area contributed by atoms with Crippen LogP contribution in [0.3, 0.4) is 0 Å². The second-order valence-electron chi connectivity index (χ2n) is 9.25. The quantitative estimate of drug-likeness (QED) is 0.297. The number of halogens is 1. The number of ether oxygens (including phenoxy) is 1. The van der Waals surface area contributed by atoms with Gasteiger partial charge in [-0.05, 0) is 60.2 Å². The number of benzene rings is 3. The topological polar surface area (TPSA) is 110 Å². The van der Waals surface area contributed by atoms with Gasteiger partial charge in [-0.3, -0.25) is 19.2 Å². The highest BCUT2D eigenvalue weighted by Crippen LogP contribution is 2.19. The number of carbonyl (C=O) groups is 3. The Bertz CT molecular complexity index is 1570. The predicted molar refractivity (Wildman–Crippen MR) is 159 cm³/mol. The van der Waals surface area contributed by atoms with Crippen LogP contribution in [0.1, 0.15) is 15.9 Å². The van der Waals surface area contributed by atoms with Crippen molar-refractivity contribution in [2.75, 3.05) is 24.4 Å². The monoisotopic (exact) mass is 572 g/mol. The van der Waals surface area contributed by atoms with Gasteiger partial charge in [0, 0.05) is 47.7 Å². The molecule has 10 heteroatoms. The Morgan fingerprint density at radius 2 is 1.63 bits per heavy atom. The number of anilines is 2. The molecule has 4 rings (SSSR count). The second kappa shape index (κ2) is 13.5. The third-order valence-corrected chi connectivity index (χ3v) is 6.63. The average molecular weight is 573 g/mol. The molecule has 3 amide bonds. The van der Waals surface area contributed by atoms with E-state index in [0.29, 0.717) is 22.0 Å². The summed E-state index contributed by atoms with van der Waals surface area (Å²) in [6, 6.07) is 24.5. The molecule has 0 radical (unpaired) electrons. The smallest absolute Gasteiger partial charge is 0.255 e. The van der Waals surface area contributed by atoms with Crippen LogP contribution in [-0.4, -0.2) is 42.5 Å². The Balaban J connectivity index is 1.45. The van der Waals surface area contributed by atoms with Crippen LogP contribution < -0.4 is 25.8 Å². The van der Waals surface area contributed by atoms with Crippen molar-refractivity contribution in [1.82, 2.24) is 9.88 Å². The van der Waals surface area contributed by atoms with Gasteiger partial charge in [-0.15, -0.1) is 0 Å². The molecule has 41 heavy (non-hydrogen) atoms. The van der Waals surface area contributed by atoms with E-state index in [-0.39, 0.29) is 24.6 Å². The fraction of sp³-hybridized carbons (Fsp3) is 0.161. The van der Waals surface area contributed by atoms with E-state index in [9.17, 15) is 19.2 Å². The molecule has 0 aliphatic carbocycles. The summed E-state index contributed by atoms with van der Waals surface area (Å²) in [5.41, 5.74) is 1.68. The average Bonchev–Trinajstić information content (AvgIpc) is 2.98. The second-order valence-corrected chi connectivity index (χ2v) is 9.68. The lowest BCUT2D eigenvalue weighted by Crippen LogP contribution is -2.50. The summed E-state index contributed by atoms with van der Waals surface area (Å²) in [6.07, 6.45) is 1.67. The summed E-state index contributed by atoms with van der Waals surface area (Å²) in [4.78, 5) is 53.2. The van der Waals surface area contributed by atoms with E-state index < -0.39 is 23.4 Å². The summed E-state index contributed by atoms with van der Waals surface area (Å²) in [5.74, 6) is -0.577. The molecule has 0 spiro atoms. The van der Waals surface area contributed by atoms with Crippen LogP contribution in [0.2, 0.25) is 5.02 Å². The van der Waals surface area contributed by atoms with Gasteiger partial charge >= 0.3 is 0 Å². The summed E-state index contributed by atoms with van der Waals surface area (Å²) >= 11 is 5.87. The number of nitrogens with zero attached hydrogens (tertiary/aromatic N) is 2. The molecule has 0 saturated heterocycles. The lowest BCUT2D eigenvalue weighted by atomic mass is 10.0. The Labute approximate surface area is 242 Å². The fourth-order valence-corrected chi connectivity index (χ4v) is 4.26. The largest absolute Gasteiger partial charge is 0.497 e. The van der Waals surface area contributed by atoms with Crippen molar-refractivity contribution in [3.63, 3.8) is 0 Å². The zero-order valence-corrected chi connectivity index (χ0v) is 23.3. The summed E-state index contributed by atoms with van der Waals surface area (Å²) in [5, 5.41) is 5.95. The van der Waals surface area contributed by atoms with E-state index in [0.717, 1.165) is 5.56 Å². The van der Waals surface area contributed by atoms with E-state index in [2.05, 4.69) is 10.6 Å². The number of nitrogens with one attached hydrogen (secondary N) is 2. The van der Waals surface area contributed by atoms with Crippen LogP contribution in [0.15, 0.2) is 102 Å². The van der Waals surface area contributed by atoms with Gasteiger partial charge in [-0.25, -0.2) is 0 Å². The highest BCUT2D eigenvalue weighted by molar-refractivity contribution is 6.30. The highest BCUT2D eigenvalue weighted by atomic mass is 35.5. The molecule has 0 aliphatic rings. The molecule has 0 aliphatic heterocycles. The molecule has 0 bridgehead atoms. The highest BCUT2D eigenvalue weighted by Gasteiger charge is 2.25.